The number of benzene rings is 2. The molecule has 112 valence electrons. The number of hydrogen-bond donors (Lipinski definition) is 0. The van der Waals surface area contributed by atoms with E-state index in [1.807, 2.05) is 12.1 Å². The van der Waals surface area contributed by atoms with E-state index in [4.69, 9.17) is 4.74 Å². The third kappa shape index (κ3) is 3.84. The Hall–Kier alpha value is -1.83. The average molecular weight is 286 g/mol. The number of aryl methyl sites for hydroxylation is 1. The monoisotopic (exact) mass is 286 g/mol. The number of rotatable bonds is 3. The van der Waals surface area contributed by atoms with Crippen LogP contribution in [0.5, 0.6) is 5.75 Å². The Bertz CT molecular complexity index is 638. The van der Waals surface area contributed by atoms with Gasteiger partial charge in [-0.25, -0.2) is 4.39 Å². The summed E-state index contributed by atoms with van der Waals surface area (Å²) in [7, 11) is 1.60. The lowest BCUT2D eigenvalue weighted by atomic mass is 9.84. The van der Waals surface area contributed by atoms with Crippen molar-refractivity contribution in [2.45, 2.75) is 34.1 Å². The van der Waals surface area contributed by atoms with Crippen molar-refractivity contribution < 1.29 is 9.13 Å². The molecular formula is C19H23FO. The molecule has 0 saturated carbocycles. The van der Waals surface area contributed by atoms with E-state index in [2.05, 4.69) is 33.8 Å². The second kappa shape index (κ2) is 5.88. The molecule has 2 aromatic rings. The summed E-state index contributed by atoms with van der Waals surface area (Å²) in [5.74, 6) is 0.462. The molecule has 0 unspecified atom stereocenters. The molecule has 1 nitrogen and oxygen atoms in total. The zero-order chi connectivity index (χ0) is 15.6. The Morgan fingerprint density at radius 3 is 2.33 bits per heavy atom. The molecule has 0 saturated heterocycles. The minimum Gasteiger partial charge on any atom is -0.497 e. The maximum Gasteiger partial charge on any atom is 0.131 e. The summed E-state index contributed by atoms with van der Waals surface area (Å²) in [6, 6.07) is 11.1. The van der Waals surface area contributed by atoms with E-state index >= 15 is 0 Å². The molecule has 0 fully saturated rings. The molecule has 0 aliphatic carbocycles. The maximum atomic E-state index is 14.2. The van der Waals surface area contributed by atoms with Gasteiger partial charge in [0.15, 0.2) is 0 Å². The van der Waals surface area contributed by atoms with Crippen LogP contribution in [0.3, 0.4) is 0 Å². The molecule has 21 heavy (non-hydrogen) atoms. The van der Waals surface area contributed by atoms with Crippen LogP contribution in [0.15, 0.2) is 36.4 Å². The lowest BCUT2D eigenvalue weighted by Gasteiger charge is -2.21. The SMILES string of the molecule is COc1ccc(F)c(-c2ccc(C)cc2CC(C)(C)C)c1. The second-order valence-corrected chi connectivity index (χ2v) is 6.74. The molecule has 2 heteroatoms. The molecule has 0 amide bonds. The first-order valence-electron chi connectivity index (χ1n) is 7.23. The third-order valence-corrected chi connectivity index (χ3v) is 3.45. The zero-order valence-corrected chi connectivity index (χ0v) is 13.5. The Kier molecular flexibility index (Phi) is 4.36. The number of methoxy groups -OCH3 is 1. The first-order chi connectivity index (χ1) is 9.80. The predicted molar refractivity (Wildman–Crippen MR) is 86.3 cm³/mol. The fourth-order valence-corrected chi connectivity index (χ4v) is 2.54. The van der Waals surface area contributed by atoms with Crippen LogP contribution in [-0.4, -0.2) is 7.11 Å². The summed E-state index contributed by atoms with van der Waals surface area (Å²) in [4.78, 5) is 0. The van der Waals surface area contributed by atoms with Crippen molar-refractivity contribution in [3.8, 4) is 16.9 Å². The summed E-state index contributed by atoms with van der Waals surface area (Å²) in [5.41, 5.74) is 4.08. The third-order valence-electron chi connectivity index (χ3n) is 3.45. The summed E-state index contributed by atoms with van der Waals surface area (Å²) < 4.78 is 19.5. The summed E-state index contributed by atoms with van der Waals surface area (Å²) in [5, 5.41) is 0. The largest absolute Gasteiger partial charge is 0.497 e. The Labute approximate surface area is 126 Å². The van der Waals surface area contributed by atoms with Crippen LogP contribution >= 0.6 is 0 Å². The Morgan fingerprint density at radius 1 is 1.00 bits per heavy atom. The molecule has 0 aromatic heterocycles. The lowest BCUT2D eigenvalue weighted by molar-refractivity contribution is 0.411. The van der Waals surface area contributed by atoms with Crippen LogP contribution < -0.4 is 4.74 Å². The fraction of sp³-hybridized carbons (Fsp3) is 0.368. The Morgan fingerprint density at radius 2 is 1.71 bits per heavy atom. The van der Waals surface area contributed by atoms with E-state index in [-0.39, 0.29) is 11.2 Å². The van der Waals surface area contributed by atoms with Gasteiger partial charge in [-0.05, 0) is 48.1 Å². The van der Waals surface area contributed by atoms with E-state index in [0.717, 1.165) is 12.0 Å². The van der Waals surface area contributed by atoms with Gasteiger partial charge in [-0.1, -0.05) is 44.5 Å². The molecule has 2 aromatic carbocycles. The van der Waals surface area contributed by atoms with E-state index in [1.54, 1.807) is 19.2 Å². The van der Waals surface area contributed by atoms with Crippen molar-refractivity contribution >= 4 is 0 Å². The van der Waals surface area contributed by atoms with Gasteiger partial charge in [0, 0.05) is 5.56 Å². The van der Waals surface area contributed by atoms with Gasteiger partial charge in [0.1, 0.15) is 11.6 Å². The molecule has 0 bridgehead atoms. The average Bonchev–Trinajstić information content (AvgIpc) is 2.38. The van der Waals surface area contributed by atoms with Gasteiger partial charge in [-0.15, -0.1) is 0 Å². The minimum atomic E-state index is -0.213. The van der Waals surface area contributed by atoms with Crippen LogP contribution in [0.1, 0.15) is 31.9 Å². The number of halogens is 1. The first-order valence-corrected chi connectivity index (χ1v) is 7.23. The molecule has 0 atom stereocenters. The minimum absolute atomic E-state index is 0.151. The number of ether oxygens (including phenoxy) is 1. The highest BCUT2D eigenvalue weighted by Gasteiger charge is 2.17. The highest BCUT2D eigenvalue weighted by molar-refractivity contribution is 5.70. The van der Waals surface area contributed by atoms with Gasteiger partial charge in [0.05, 0.1) is 7.11 Å². The zero-order valence-electron chi connectivity index (χ0n) is 13.5. The van der Waals surface area contributed by atoms with Crippen molar-refractivity contribution in [1.29, 1.82) is 0 Å². The van der Waals surface area contributed by atoms with Crippen molar-refractivity contribution in [3.63, 3.8) is 0 Å². The van der Waals surface area contributed by atoms with Crippen LogP contribution in [-0.2, 0) is 6.42 Å². The second-order valence-electron chi connectivity index (χ2n) is 6.74. The van der Waals surface area contributed by atoms with Crippen LogP contribution in [0.2, 0.25) is 0 Å². The predicted octanol–water partition coefficient (Wildman–Crippen LogP) is 5.40. The quantitative estimate of drug-likeness (QED) is 0.734. The van der Waals surface area contributed by atoms with Gasteiger partial charge in [0.25, 0.3) is 0 Å². The number of hydrogen-bond acceptors (Lipinski definition) is 1. The van der Waals surface area contributed by atoms with E-state index in [9.17, 15) is 4.39 Å². The highest BCUT2D eigenvalue weighted by Crippen LogP contribution is 2.33. The van der Waals surface area contributed by atoms with Crippen molar-refractivity contribution in [2.24, 2.45) is 5.41 Å². The van der Waals surface area contributed by atoms with Crippen molar-refractivity contribution in [2.75, 3.05) is 7.11 Å². The van der Waals surface area contributed by atoms with E-state index in [0.29, 0.717) is 11.3 Å². The van der Waals surface area contributed by atoms with Crippen LogP contribution in [0.4, 0.5) is 4.39 Å². The molecule has 0 N–H and O–H groups in total. The normalized spacial score (nSPS) is 11.5. The standard InChI is InChI=1S/C19H23FO/c1-13-6-8-16(14(10-13)12-19(2,3)4)17-11-15(21-5)7-9-18(17)20/h6-11H,12H2,1-5H3. The van der Waals surface area contributed by atoms with Gasteiger partial charge >= 0.3 is 0 Å². The van der Waals surface area contributed by atoms with E-state index in [1.165, 1.54) is 17.2 Å². The molecule has 2 rings (SSSR count). The van der Waals surface area contributed by atoms with Gasteiger partial charge in [-0.2, -0.15) is 0 Å². The fourth-order valence-electron chi connectivity index (χ4n) is 2.54. The molecule has 0 aliphatic rings. The lowest BCUT2D eigenvalue weighted by Crippen LogP contribution is -2.10. The van der Waals surface area contributed by atoms with Crippen LogP contribution in [0.25, 0.3) is 11.1 Å². The molecule has 0 radical (unpaired) electrons. The molecule has 0 heterocycles. The van der Waals surface area contributed by atoms with Crippen LogP contribution in [0, 0.1) is 18.2 Å². The van der Waals surface area contributed by atoms with E-state index < -0.39 is 0 Å². The van der Waals surface area contributed by atoms with Gasteiger partial charge in [-0.3, -0.25) is 0 Å². The molecule has 0 spiro atoms. The first kappa shape index (κ1) is 15.6. The highest BCUT2D eigenvalue weighted by atomic mass is 19.1. The summed E-state index contributed by atoms with van der Waals surface area (Å²) >= 11 is 0. The topological polar surface area (TPSA) is 9.23 Å². The molecular weight excluding hydrogens is 263 g/mol. The summed E-state index contributed by atoms with van der Waals surface area (Å²) in [6.45, 7) is 8.65. The smallest absolute Gasteiger partial charge is 0.131 e. The summed E-state index contributed by atoms with van der Waals surface area (Å²) in [6.07, 6.45) is 0.903. The van der Waals surface area contributed by atoms with Crippen molar-refractivity contribution in [3.05, 3.63) is 53.3 Å². The van der Waals surface area contributed by atoms with Crippen molar-refractivity contribution in [1.82, 2.24) is 0 Å². The van der Waals surface area contributed by atoms with Gasteiger partial charge in [0.2, 0.25) is 0 Å². The molecule has 0 aliphatic heterocycles. The Balaban J connectivity index is 2.58. The van der Waals surface area contributed by atoms with Gasteiger partial charge < -0.3 is 4.74 Å². The maximum absolute atomic E-state index is 14.2.